The van der Waals surface area contributed by atoms with Crippen LogP contribution in [-0.4, -0.2) is 35.7 Å². The molecule has 0 unspecified atom stereocenters. The zero-order valence-electron chi connectivity index (χ0n) is 19.8. The highest BCUT2D eigenvalue weighted by molar-refractivity contribution is 7.98. The van der Waals surface area contributed by atoms with Gasteiger partial charge in [-0.1, -0.05) is 36.0 Å². The van der Waals surface area contributed by atoms with Crippen LogP contribution in [0.4, 0.5) is 0 Å². The quantitative estimate of drug-likeness (QED) is 0.197. The van der Waals surface area contributed by atoms with Crippen molar-refractivity contribution in [1.29, 1.82) is 0 Å². The normalized spacial score (nSPS) is 11.0. The van der Waals surface area contributed by atoms with E-state index in [4.69, 9.17) is 14.5 Å². The zero-order chi connectivity index (χ0) is 25.1. The third-order valence-electron chi connectivity index (χ3n) is 5.71. The fourth-order valence-corrected chi connectivity index (χ4v) is 5.63. The Kier molecular flexibility index (Phi) is 7.37. The first-order chi connectivity index (χ1) is 16.8. The predicted molar refractivity (Wildman–Crippen MR) is 138 cm³/mol. The van der Waals surface area contributed by atoms with Crippen molar-refractivity contribution in [2.24, 2.45) is 0 Å². The van der Waals surface area contributed by atoms with Crippen LogP contribution in [0.5, 0.6) is 0 Å². The molecule has 4 rings (SSSR count). The summed E-state index contributed by atoms with van der Waals surface area (Å²) in [7, 11) is 2.69. The Morgan fingerprint density at radius 2 is 1.46 bits per heavy atom. The number of esters is 2. The first kappa shape index (κ1) is 24.7. The first-order valence-electron chi connectivity index (χ1n) is 10.8. The van der Waals surface area contributed by atoms with Crippen LogP contribution >= 0.6 is 23.1 Å². The van der Waals surface area contributed by atoms with Gasteiger partial charge in [0.15, 0.2) is 5.16 Å². The van der Waals surface area contributed by atoms with Gasteiger partial charge >= 0.3 is 11.9 Å². The summed E-state index contributed by atoms with van der Waals surface area (Å²) in [6.07, 6.45) is 0. The van der Waals surface area contributed by atoms with Crippen molar-refractivity contribution in [3.63, 3.8) is 0 Å². The predicted octanol–water partition coefficient (Wildman–Crippen LogP) is 4.99. The van der Waals surface area contributed by atoms with E-state index in [2.05, 4.69) is 0 Å². The molecule has 2 aromatic heterocycles. The minimum atomic E-state index is -0.407. The van der Waals surface area contributed by atoms with Crippen molar-refractivity contribution in [2.45, 2.75) is 31.3 Å². The lowest BCUT2D eigenvalue weighted by Gasteiger charge is -2.13. The molecule has 0 fully saturated rings. The highest BCUT2D eigenvalue weighted by Gasteiger charge is 2.18. The summed E-state index contributed by atoms with van der Waals surface area (Å²) in [6, 6.07) is 14.2. The average molecular weight is 509 g/mol. The molecule has 35 heavy (non-hydrogen) atoms. The molecular weight excluding hydrogens is 484 g/mol. The van der Waals surface area contributed by atoms with E-state index in [-0.39, 0.29) is 11.5 Å². The van der Waals surface area contributed by atoms with Gasteiger partial charge in [0.2, 0.25) is 0 Å². The third-order valence-corrected chi connectivity index (χ3v) is 7.86. The van der Waals surface area contributed by atoms with Crippen LogP contribution in [-0.2, 0) is 21.8 Å². The molecule has 0 amide bonds. The van der Waals surface area contributed by atoms with Gasteiger partial charge in [0.1, 0.15) is 4.83 Å². The molecule has 0 aliphatic carbocycles. The number of fused-ring (bicyclic) bond motifs is 1. The Morgan fingerprint density at radius 3 is 2.00 bits per heavy atom. The van der Waals surface area contributed by atoms with E-state index in [0.29, 0.717) is 34.0 Å². The Bertz CT molecular complexity index is 1450. The number of aromatic nitrogens is 2. The Balaban J connectivity index is 1.67. The molecule has 0 saturated heterocycles. The van der Waals surface area contributed by atoms with Crippen LogP contribution in [0.15, 0.2) is 58.5 Å². The summed E-state index contributed by atoms with van der Waals surface area (Å²) >= 11 is 2.98. The van der Waals surface area contributed by atoms with E-state index >= 15 is 0 Å². The Hall–Kier alpha value is -3.43. The first-order valence-corrected chi connectivity index (χ1v) is 12.6. The molecule has 9 heteroatoms. The van der Waals surface area contributed by atoms with Crippen LogP contribution in [0.2, 0.25) is 0 Å². The lowest BCUT2D eigenvalue weighted by atomic mass is 10.1. The van der Waals surface area contributed by atoms with Crippen LogP contribution in [0.3, 0.4) is 0 Å². The largest absolute Gasteiger partial charge is 0.465 e. The van der Waals surface area contributed by atoms with Crippen molar-refractivity contribution in [3.05, 3.63) is 91.6 Å². The lowest BCUT2D eigenvalue weighted by Crippen LogP contribution is -2.24. The van der Waals surface area contributed by atoms with Gasteiger partial charge in [-0.15, -0.1) is 11.3 Å². The molecule has 0 saturated carbocycles. The minimum Gasteiger partial charge on any atom is -0.465 e. The number of ether oxygens (including phenoxy) is 2. The number of hydrogen-bond donors (Lipinski definition) is 0. The van der Waals surface area contributed by atoms with Crippen molar-refractivity contribution in [1.82, 2.24) is 9.55 Å². The zero-order valence-corrected chi connectivity index (χ0v) is 21.4. The number of thiophene rings is 1. The third kappa shape index (κ3) is 5.16. The van der Waals surface area contributed by atoms with E-state index in [1.54, 1.807) is 28.8 Å². The van der Waals surface area contributed by atoms with Gasteiger partial charge in [0.25, 0.3) is 5.56 Å². The maximum atomic E-state index is 13.6. The van der Waals surface area contributed by atoms with Crippen LogP contribution in [0.25, 0.3) is 10.2 Å². The summed E-state index contributed by atoms with van der Waals surface area (Å²) in [5, 5.41) is 1.25. The van der Waals surface area contributed by atoms with Gasteiger partial charge < -0.3 is 9.47 Å². The van der Waals surface area contributed by atoms with Gasteiger partial charge in [-0.2, -0.15) is 0 Å². The summed E-state index contributed by atoms with van der Waals surface area (Å²) in [4.78, 5) is 43.7. The Labute approximate surface area is 210 Å². The Morgan fingerprint density at radius 1 is 0.914 bits per heavy atom. The fraction of sp³-hybridized carbons (Fsp3) is 0.231. The smallest absolute Gasteiger partial charge is 0.337 e. The van der Waals surface area contributed by atoms with Gasteiger partial charge in [-0.3, -0.25) is 9.36 Å². The number of hydrogen-bond acceptors (Lipinski definition) is 8. The highest BCUT2D eigenvalue weighted by atomic mass is 32.2. The van der Waals surface area contributed by atoms with Gasteiger partial charge in [0, 0.05) is 10.6 Å². The van der Waals surface area contributed by atoms with Crippen molar-refractivity contribution in [2.75, 3.05) is 14.2 Å². The van der Waals surface area contributed by atoms with Crippen LogP contribution < -0.4 is 5.56 Å². The maximum absolute atomic E-state index is 13.6. The number of aryl methyl sites for hydroxylation is 2. The van der Waals surface area contributed by atoms with E-state index in [9.17, 15) is 14.4 Å². The van der Waals surface area contributed by atoms with Crippen molar-refractivity contribution >= 4 is 45.3 Å². The second-order valence-corrected chi connectivity index (χ2v) is 10.1. The molecule has 7 nitrogen and oxygen atoms in total. The van der Waals surface area contributed by atoms with Crippen LogP contribution in [0.1, 0.15) is 42.3 Å². The average Bonchev–Trinajstić information content (AvgIpc) is 3.17. The molecular formula is C26H24N2O5S2. The molecule has 0 radical (unpaired) electrons. The number of benzene rings is 2. The minimum absolute atomic E-state index is 0.0857. The molecule has 0 N–H and O–H groups in total. The molecule has 0 bridgehead atoms. The molecule has 0 aliphatic rings. The summed E-state index contributed by atoms with van der Waals surface area (Å²) in [6.45, 7) is 4.26. The molecule has 2 heterocycles. The molecule has 0 spiro atoms. The number of nitrogens with zero attached hydrogens (tertiary/aromatic N) is 2. The summed E-state index contributed by atoms with van der Waals surface area (Å²) in [5.74, 6) is -0.216. The molecule has 2 aromatic carbocycles. The van der Waals surface area contributed by atoms with Crippen molar-refractivity contribution in [3.8, 4) is 0 Å². The summed E-state index contributed by atoms with van der Waals surface area (Å²) < 4.78 is 11.2. The monoisotopic (exact) mass is 508 g/mol. The topological polar surface area (TPSA) is 87.5 Å². The van der Waals surface area contributed by atoms with E-state index in [1.807, 2.05) is 38.1 Å². The molecule has 0 atom stereocenters. The molecule has 4 aromatic rings. The second kappa shape index (κ2) is 10.5. The van der Waals surface area contributed by atoms with Gasteiger partial charge in [0.05, 0.1) is 37.3 Å². The highest BCUT2D eigenvalue weighted by Crippen LogP contribution is 2.30. The lowest BCUT2D eigenvalue weighted by molar-refractivity contribution is 0.0592. The van der Waals surface area contributed by atoms with E-state index in [1.165, 1.54) is 37.3 Å². The van der Waals surface area contributed by atoms with Gasteiger partial charge in [-0.05, 0) is 54.8 Å². The number of thioether (sulfide) groups is 1. The second-order valence-electron chi connectivity index (χ2n) is 7.91. The van der Waals surface area contributed by atoms with Crippen molar-refractivity contribution < 1.29 is 19.1 Å². The number of carbonyl (C=O) groups is 2. The van der Waals surface area contributed by atoms with E-state index < -0.39 is 5.97 Å². The maximum Gasteiger partial charge on any atom is 0.337 e. The van der Waals surface area contributed by atoms with Crippen LogP contribution in [0, 0.1) is 13.8 Å². The number of methoxy groups -OCH3 is 2. The summed E-state index contributed by atoms with van der Waals surface area (Å²) in [5.41, 5.74) is 3.66. The SMILES string of the molecule is COC(=O)c1ccc(CSc2nc3sc(C)c(C)c3c(=O)n2Cc2ccc(C(=O)OC)cc2)cc1. The fourth-order valence-electron chi connectivity index (χ4n) is 3.61. The van der Waals surface area contributed by atoms with Gasteiger partial charge in [-0.25, -0.2) is 14.6 Å². The molecule has 0 aliphatic heterocycles. The number of rotatable bonds is 7. The van der Waals surface area contributed by atoms with E-state index in [0.717, 1.165) is 26.4 Å². The molecule has 180 valence electrons. The number of carbonyl (C=O) groups excluding carboxylic acids is 2. The standard InChI is InChI=1S/C26H24N2O5S2/c1-15-16(2)35-22-21(15)23(29)28(13-17-5-9-19(10-6-17)24(30)32-3)26(27-22)34-14-18-7-11-20(12-8-18)25(31)33-4/h5-12H,13-14H2,1-4H3.